The van der Waals surface area contributed by atoms with E-state index in [0.717, 1.165) is 16.8 Å². The zero-order valence-electron chi connectivity index (χ0n) is 8.70. The molecule has 0 atom stereocenters. The van der Waals surface area contributed by atoms with Crippen LogP contribution in [-0.2, 0) is 0 Å². The average molecular weight is 207 g/mol. The lowest BCUT2D eigenvalue weighted by Gasteiger charge is -2.00. The van der Waals surface area contributed by atoms with Crippen molar-refractivity contribution < 1.29 is 0 Å². The first-order valence-corrected chi connectivity index (χ1v) is 5.23. The monoisotopic (exact) mass is 207 g/mol. The van der Waals surface area contributed by atoms with E-state index < -0.39 is 0 Å². The summed E-state index contributed by atoms with van der Waals surface area (Å²) in [6.45, 7) is 0. The van der Waals surface area contributed by atoms with Gasteiger partial charge in [0.1, 0.15) is 0 Å². The highest BCUT2D eigenvalue weighted by molar-refractivity contribution is 5.87. The molecule has 0 spiro atoms. The van der Waals surface area contributed by atoms with E-state index in [9.17, 15) is 0 Å². The van der Waals surface area contributed by atoms with Crippen LogP contribution in [-0.4, -0.2) is 4.98 Å². The van der Waals surface area contributed by atoms with Crippen molar-refractivity contribution in [1.29, 1.82) is 0 Å². The van der Waals surface area contributed by atoms with Crippen LogP contribution in [0.25, 0.3) is 22.2 Å². The van der Waals surface area contributed by atoms with E-state index in [1.54, 1.807) is 6.07 Å². The second kappa shape index (κ2) is 3.42. The number of aromatic amines is 1. The van der Waals surface area contributed by atoms with Crippen LogP contribution in [0.15, 0.2) is 54.6 Å². The van der Waals surface area contributed by atoms with Gasteiger partial charge in [0.05, 0.1) is 5.69 Å². The molecule has 0 aliphatic carbocycles. The van der Waals surface area contributed by atoms with Crippen LogP contribution >= 0.6 is 0 Å². The third kappa shape index (κ3) is 1.36. The topological polar surface area (TPSA) is 39.6 Å². The maximum absolute atomic E-state index is 7.86. The van der Waals surface area contributed by atoms with Crippen LogP contribution in [0.1, 0.15) is 0 Å². The van der Waals surface area contributed by atoms with Gasteiger partial charge in [0, 0.05) is 22.2 Å². The Labute approximate surface area is 93.7 Å². The van der Waals surface area contributed by atoms with Gasteiger partial charge in [0.2, 0.25) is 0 Å². The van der Waals surface area contributed by atoms with Crippen LogP contribution in [0.5, 0.6) is 0 Å². The van der Waals surface area contributed by atoms with Crippen LogP contribution in [0.3, 0.4) is 0 Å². The minimum Gasteiger partial charge on any atom is -0.354 e. The lowest BCUT2D eigenvalue weighted by atomic mass is 10.1. The summed E-state index contributed by atoms with van der Waals surface area (Å²) in [7, 11) is 0. The summed E-state index contributed by atoms with van der Waals surface area (Å²) in [5.41, 5.74) is 11.5. The largest absolute Gasteiger partial charge is 0.354 e. The van der Waals surface area contributed by atoms with Crippen molar-refractivity contribution in [1.82, 2.24) is 10.7 Å². The van der Waals surface area contributed by atoms with Gasteiger partial charge in [-0.1, -0.05) is 36.4 Å². The Morgan fingerprint density at radius 3 is 2.44 bits per heavy atom. The minimum atomic E-state index is 0.550. The first-order valence-electron chi connectivity index (χ1n) is 5.23. The van der Waals surface area contributed by atoms with Gasteiger partial charge in [0.15, 0.2) is 0 Å². The van der Waals surface area contributed by atoms with Gasteiger partial charge < -0.3 is 10.7 Å². The molecule has 0 bridgehead atoms. The molecule has 1 radical (unpaired) electrons. The molecule has 16 heavy (non-hydrogen) atoms. The highest BCUT2D eigenvalue weighted by Crippen LogP contribution is 2.28. The molecule has 0 aliphatic heterocycles. The third-order valence-corrected chi connectivity index (χ3v) is 2.75. The Bertz CT molecular complexity index is 605. The number of aromatic nitrogens is 1. The third-order valence-electron chi connectivity index (χ3n) is 2.75. The first-order chi connectivity index (χ1) is 7.84. The number of fused-ring (bicyclic) bond motifs is 1. The van der Waals surface area contributed by atoms with Gasteiger partial charge in [-0.25, -0.2) is 0 Å². The molecule has 0 unspecified atom stereocenters. The molecule has 2 heteroatoms. The van der Waals surface area contributed by atoms with Crippen LogP contribution < -0.4 is 5.73 Å². The van der Waals surface area contributed by atoms with Crippen LogP contribution in [0.2, 0.25) is 0 Å². The predicted molar refractivity (Wildman–Crippen MR) is 66.5 cm³/mol. The second-order valence-electron chi connectivity index (χ2n) is 3.82. The SMILES string of the molecule is [NH]c1ccccc1-c1cc2ccccc2[nH]1. The molecule has 1 heterocycles. The van der Waals surface area contributed by atoms with Gasteiger partial charge >= 0.3 is 0 Å². The van der Waals surface area contributed by atoms with Crippen LogP contribution in [0, 0.1) is 0 Å². The summed E-state index contributed by atoms with van der Waals surface area (Å²) >= 11 is 0. The van der Waals surface area contributed by atoms with Crippen molar-refractivity contribution in [3.8, 4) is 11.3 Å². The number of nitrogens with one attached hydrogen (secondary N) is 2. The lowest BCUT2D eigenvalue weighted by Crippen LogP contribution is -1.79. The fourth-order valence-corrected chi connectivity index (χ4v) is 1.94. The first kappa shape index (κ1) is 9.04. The maximum Gasteiger partial charge on any atom is 0.0633 e. The summed E-state index contributed by atoms with van der Waals surface area (Å²) in [5.74, 6) is 0. The normalized spacial score (nSPS) is 10.8. The molecule has 0 saturated carbocycles. The Balaban J connectivity index is 2.23. The number of para-hydroxylation sites is 1. The maximum atomic E-state index is 7.86. The van der Waals surface area contributed by atoms with Crippen molar-refractivity contribution >= 4 is 16.6 Å². The highest BCUT2D eigenvalue weighted by Gasteiger charge is 2.05. The van der Waals surface area contributed by atoms with Gasteiger partial charge in [-0.3, -0.25) is 0 Å². The molecular weight excluding hydrogens is 196 g/mol. The van der Waals surface area contributed by atoms with E-state index in [1.807, 2.05) is 36.4 Å². The molecule has 3 rings (SSSR count). The molecular formula is C14H11N2. The Hall–Kier alpha value is -2.22. The van der Waals surface area contributed by atoms with E-state index in [4.69, 9.17) is 5.73 Å². The van der Waals surface area contributed by atoms with Crippen molar-refractivity contribution in [3.63, 3.8) is 0 Å². The second-order valence-corrected chi connectivity index (χ2v) is 3.82. The number of rotatable bonds is 1. The Morgan fingerprint density at radius 2 is 1.62 bits per heavy atom. The number of H-pyrrole nitrogens is 1. The highest BCUT2D eigenvalue weighted by atomic mass is 14.7. The smallest absolute Gasteiger partial charge is 0.0633 e. The molecule has 2 nitrogen and oxygen atoms in total. The van der Waals surface area contributed by atoms with Crippen molar-refractivity contribution in [2.24, 2.45) is 0 Å². The number of hydrogen-bond acceptors (Lipinski definition) is 0. The molecule has 0 amide bonds. The molecule has 2 aromatic carbocycles. The van der Waals surface area contributed by atoms with Crippen molar-refractivity contribution in [3.05, 3.63) is 54.6 Å². The number of benzene rings is 2. The summed E-state index contributed by atoms with van der Waals surface area (Å²) < 4.78 is 0. The number of hydrogen-bond donors (Lipinski definition) is 1. The predicted octanol–water partition coefficient (Wildman–Crippen LogP) is 3.75. The molecule has 2 N–H and O–H groups in total. The van der Waals surface area contributed by atoms with Gasteiger partial charge in [0.25, 0.3) is 0 Å². The Morgan fingerprint density at radius 1 is 0.875 bits per heavy atom. The van der Waals surface area contributed by atoms with E-state index in [1.165, 1.54) is 5.39 Å². The summed E-state index contributed by atoms with van der Waals surface area (Å²) in [6.07, 6.45) is 0. The summed E-state index contributed by atoms with van der Waals surface area (Å²) in [4.78, 5) is 3.33. The molecule has 1 aromatic heterocycles. The van der Waals surface area contributed by atoms with E-state index in [2.05, 4.69) is 17.1 Å². The lowest BCUT2D eigenvalue weighted by molar-refractivity contribution is 1.41. The Kier molecular flexibility index (Phi) is 1.93. The van der Waals surface area contributed by atoms with Gasteiger partial charge in [-0.05, 0) is 18.2 Å². The zero-order valence-corrected chi connectivity index (χ0v) is 8.70. The minimum absolute atomic E-state index is 0.550. The van der Waals surface area contributed by atoms with E-state index in [-0.39, 0.29) is 0 Å². The van der Waals surface area contributed by atoms with Gasteiger partial charge in [-0.15, -0.1) is 0 Å². The van der Waals surface area contributed by atoms with E-state index in [0.29, 0.717) is 5.69 Å². The fourth-order valence-electron chi connectivity index (χ4n) is 1.94. The van der Waals surface area contributed by atoms with Gasteiger partial charge in [-0.2, -0.15) is 0 Å². The fraction of sp³-hybridized carbons (Fsp3) is 0. The molecule has 0 saturated heterocycles. The molecule has 3 aromatic rings. The molecule has 77 valence electrons. The van der Waals surface area contributed by atoms with Crippen LogP contribution in [0.4, 0.5) is 5.69 Å². The quantitative estimate of drug-likeness (QED) is 0.631. The van der Waals surface area contributed by atoms with E-state index >= 15 is 0 Å². The summed E-state index contributed by atoms with van der Waals surface area (Å²) in [5, 5.41) is 1.18. The molecule has 0 fully saturated rings. The standard InChI is InChI=1S/C14H11N2/c15-12-7-3-2-6-11(12)14-9-10-5-1-4-8-13(10)16-14/h1-9,15-16H. The van der Waals surface area contributed by atoms with Crippen molar-refractivity contribution in [2.75, 3.05) is 0 Å². The molecule has 0 aliphatic rings. The summed E-state index contributed by atoms with van der Waals surface area (Å²) in [6, 6.07) is 17.8. The average Bonchev–Trinajstić information content (AvgIpc) is 2.73. The van der Waals surface area contributed by atoms with Crippen molar-refractivity contribution in [2.45, 2.75) is 0 Å². The zero-order chi connectivity index (χ0) is 11.0.